The van der Waals surface area contributed by atoms with Crippen molar-refractivity contribution >= 4 is 0 Å². The van der Waals surface area contributed by atoms with Crippen LogP contribution in [0.15, 0.2) is 0 Å². The summed E-state index contributed by atoms with van der Waals surface area (Å²) in [4.78, 5) is 4.64. The molecule has 1 fully saturated rings. The van der Waals surface area contributed by atoms with E-state index < -0.39 is 0 Å². The van der Waals surface area contributed by atoms with Gasteiger partial charge in [-0.1, -0.05) is 33.1 Å². The molecule has 1 N–H and O–H groups in total. The summed E-state index contributed by atoms with van der Waals surface area (Å²) in [6.45, 7) is 4.23. The molecule has 0 saturated heterocycles. The minimum absolute atomic E-state index is 0.224. The van der Waals surface area contributed by atoms with Gasteiger partial charge in [-0.3, -0.25) is 5.26 Å². The maximum atomic E-state index is 8.81. The van der Waals surface area contributed by atoms with Gasteiger partial charge < -0.3 is 0 Å². The molecule has 0 aliphatic heterocycles. The van der Waals surface area contributed by atoms with E-state index in [1.165, 1.54) is 19.3 Å². The van der Waals surface area contributed by atoms with E-state index in [2.05, 4.69) is 18.7 Å². The monoisotopic (exact) mass is 158 g/mol. The highest BCUT2D eigenvalue weighted by atomic mass is 17.1. The molecule has 2 heteroatoms. The second kappa shape index (κ2) is 3.55. The van der Waals surface area contributed by atoms with Crippen LogP contribution in [0, 0.1) is 5.92 Å². The van der Waals surface area contributed by atoms with Crippen LogP contribution in [0.1, 0.15) is 46.0 Å². The van der Waals surface area contributed by atoms with Crippen molar-refractivity contribution in [2.75, 3.05) is 0 Å². The van der Waals surface area contributed by atoms with Crippen molar-refractivity contribution in [2.45, 2.75) is 51.6 Å². The summed E-state index contributed by atoms with van der Waals surface area (Å²) in [5, 5.41) is 8.81. The first kappa shape index (κ1) is 9.01. The topological polar surface area (TPSA) is 29.5 Å². The molecule has 0 aromatic rings. The fourth-order valence-corrected chi connectivity index (χ4v) is 1.92. The van der Waals surface area contributed by atoms with Gasteiger partial charge in [0.05, 0.1) is 0 Å². The lowest BCUT2D eigenvalue weighted by Gasteiger charge is -2.37. The molecule has 0 bridgehead atoms. The molecule has 0 spiro atoms. The summed E-state index contributed by atoms with van der Waals surface area (Å²) in [5.74, 6) is 0.424. The van der Waals surface area contributed by atoms with Gasteiger partial charge in [0.2, 0.25) is 0 Å². The van der Waals surface area contributed by atoms with E-state index in [1.54, 1.807) is 0 Å². The van der Waals surface area contributed by atoms with Crippen molar-refractivity contribution in [1.82, 2.24) is 0 Å². The lowest BCUT2D eigenvalue weighted by atomic mass is 9.77. The van der Waals surface area contributed by atoms with Crippen molar-refractivity contribution in [1.29, 1.82) is 0 Å². The highest BCUT2D eigenvalue weighted by molar-refractivity contribution is 4.85. The second-order valence-electron chi connectivity index (χ2n) is 3.87. The van der Waals surface area contributed by atoms with Crippen molar-refractivity contribution < 1.29 is 10.1 Å². The van der Waals surface area contributed by atoms with Crippen molar-refractivity contribution in [3.8, 4) is 0 Å². The summed E-state index contributed by atoms with van der Waals surface area (Å²) in [6, 6.07) is 0. The number of hydrogen-bond donors (Lipinski definition) is 1. The minimum atomic E-state index is -0.224. The quantitative estimate of drug-likeness (QED) is 0.494. The second-order valence-corrected chi connectivity index (χ2v) is 3.87. The standard InChI is InChI=1S/C9H18O2/c1-8(2)9(11-10)6-4-3-5-7-9/h8,10H,3-7H2,1-2H3. The minimum Gasteiger partial charge on any atom is -0.251 e. The van der Waals surface area contributed by atoms with Crippen LogP contribution in [0.2, 0.25) is 0 Å². The maximum absolute atomic E-state index is 8.81. The lowest BCUT2D eigenvalue weighted by Crippen LogP contribution is -2.39. The summed E-state index contributed by atoms with van der Waals surface area (Å²) < 4.78 is 0. The van der Waals surface area contributed by atoms with Crippen LogP contribution in [0.3, 0.4) is 0 Å². The Morgan fingerprint density at radius 2 is 1.73 bits per heavy atom. The van der Waals surface area contributed by atoms with Gasteiger partial charge in [0.25, 0.3) is 0 Å². The van der Waals surface area contributed by atoms with Crippen LogP contribution >= 0.6 is 0 Å². The van der Waals surface area contributed by atoms with E-state index in [0.717, 1.165) is 12.8 Å². The SMILES string of the molecule is CC(C)C1(OO)CCCCC1. The van der Waals surface area contributed by atoms with Gasteiger partial charge in [-0.05, 0) is 18.8 Å². The molecule has 0 unspecified atom stereocenters. The molecule has 1 saturated carbocycles. The van der Waals surface area contributed by atoms with Crippen LogP contribution in [0.25, 0.3) is 0 Å². The first-order valence-electron chi connectivity index (χ1n) is 4.54. The van der Waals surface area contributed by atoms with Gasteiger partial charge in [0, 0.05) is 0 Å². The number of hydrogen-bond acceptors (Lipinski definition) is 2. The van der Waals surface area contributed by atoms with Gasteiger partial charge in [0.1, 0.15) is 5.60 Å². The van der Waals surface area contributed by atoms with Crippen LogP contribution in [-0.4, -0.2) is 10.9 Å². The maximum Gasteiger partial charge on any atom is 0.106 e. The highest BCUT2D eigenvalue weighted by Crippen LogP contribution is 2.36. The fraction of sp³-hybridized carbons (Fsp3) is 1.00. The molecule has 0 radical (unpaired) electrons. The van der Waals surface area contributed by atoms with Crippen molar-refractivity contribution in [2.24, 2.45) is 5.92 Å². The zero-order valence-electron chi connectivity index (χ0n) is 7.47. The molecular weight excluding hydrogens is 140 g/mol. The molecule has 0 aromatic carbocycles. The smallest absolute Gasteiger partial charge is 0.106 e. The van der Waals surface area contributed by atoms with Crippen LogP contribution in [0.5, 0.6) is 0 Å². The molecule has 11 heavy (non-hydrogen) atoms. The molecule has 0 aromatic heterocycles. The Morgan fingerprint density at radius 3 is 2.00 bits per heavy atom. The van der Waals surface area contributed by atoms with Gasteiger partial charge >= 0.3 is 0 Å². The van der Waals surface area contributed by atoms with E-state index in [9.17, 15) is 0 Å². The summed E-state index contributed by atoms with van der Waals surface area (Å²) in [7, 11) is 0. The molecule has 66 valence electrons. The van der Waals surface area contributed by atoms with Crippen LogP contribution < -0.4 is 0 Å². The Bertz CT molecular complexity index is 115. The van der Waals surface area contributed by atoms with Crippen molar-refractivity contribution in [3.63, 3.8) is 0 Å². The number of rotatable bonds is 2. The molecule has 0 atom stereocenters. The molecule has 0 amide bonds. The van der Waals surface area contributed by atoms with Gasteiger partial charge in [-0.2, -0.15) is 0 Å². The van der Waals surface area contributed by atoms with Crippen molar-refractivity contribution in [3.05, 3.63) is 0 Å². The Hall–Kier alpha value is -0.0800. The predicted octanol–water partition coefficient (Wildman–Crippen LogP) is 2.83. The summed E-state index contributed by atoms with van der Waals surface area (Å²) in [6.07, 6.45) is 5.71. The largest absolute Gasteiger partial charge is 0.251 e. The first-order valence-corrected chi connectivity index (χ1v) is 4.54. The first-order chi connectivity index (χ1) is 5.21. The fourth-order valence-electron chi connectivity index (χ4n) is 1.92. The van der Waals surface area contributed by atoms with E-state index in [4.69, 9.17) is 5.26 Å². The van der Waals surface area contributed by atoms with Gasteiger partial charge in [-0.15, -0.1) is 0 Å². The lowest BCUT2D eigenvalue weighted by molar-refractivity contribution is -0.342. The van der Waals surface area contributed by atoms with Gasteiger partial charge in [0.15, 0.2) is 0 Å². The van der Waals surface area contributed by atoms with E-state index in [0.29, 0.717) is 5.92 Å². The summed E-state index contributed by atoms with van der Waals surface area (Å²) in [5.41, 5.74) is -0.224. The molecule has 1 aliphatic rings. The average Bonchev–Trinajstić information content (AvgIpc) is 2.05. The molecule has 0 heterocycles. The Balaban J connectivity index is 2.57. The Labute approximate surface area is 68.5 Å². The van der Waals surface area contributed by atoms with Crippen LogP contribution in [-0.2, 0) is 4.89 Å². The van der Waals surface area contributed by atoms with E-state index in [1.807, 2.05) is 0 Å². The molecular formula is C9H18O2. The third kappa shape index (κ3) is 1.74. The van der Waals surface area contributed by atoms with Crippen LogP contribution in [0.4, 0.5) is 0 Å². The molecule has 1 rings (SSSR count). The summed E-state index contributed by atoms with van der Waals surface area (Å²) >= 11 is 0. The average molecular weight is 158 g/mol. The highest BCUT2D eigenvalue weighted by Gasteiger charge is 2.36. The Morgan fingerprint density at radius 1 is 1.18 bits per heavy atom. The Kier molecular flexibility index (Phi) is 2.90. The third-order valence-corrected chi connectivity index (χ3v) is 2.93. The zero-order valence-corrected chi connectivity index (χ0v) is 7.47. The predicted molar refractivity (Wildman–Crippen MR) is 44.4 cm³/mol. The third-order valence-electron chi connectivity index (χ3n) is 2.93. The zero-order chi connectivity index (χ0) is 8.32. The van der Waals surface area contributed by atoms with E-state index >= 15 is 0 Å². The molecule has 1 aliphatic carbocycles. The van der Waals surface area contributed by atoms with Gasteiger partial charge in [-0.25, -0.2) is 4.89 Å². The molecule has 2 nitrogen and oxygen atoms in total. The normalized spacial score (nSPS) is 24.0. The van der Waals surface area contributed by atoms with E-state index in [-0.39, 0.29) is 5.60 Å².